The first kappa shape index (κ1) is 23.4. The number of likely N-dealkylation sites (tertiary alicyclic amines) is 1. The van der Waals surface area contributed by atoms with E-state index in [0.29, 0.717) is 13.1 Å². The Hall–Kier alpha value is -2.76. The molecular weight excluding hydrogens is 446 g/mol. The quantitative estimate of drug-likeness (QED) is 0.434. The third-order valence-corrected chi connectivity index (χ3v) is 8.46. The molecule has 1 atom stereocenters. The van der Waals surface area contributed by atoms with Crippen LogP contribution in [0.3, 0.4) is 0 Å². The Morgan fingerprint density at radius 2 is 2.00 bits per heavy atom. The molecule has 1 saturated heterocycles. The van der Waals surface area contributed by atoms with Gasteiger partial charge in [0.05, 0.1) is 33.9 Å². The van der Waals surface area contributed by atoms with Gasteiger partial charge in [-0.2, -0.15) is 5.10 Å². The Morgan fingerprint density at radius 3 is 2.61 bits per heavy atom. The van der Waals surface area contributed by atoms with Gasteiger partial charge in [0.15, 0.2) is 0 Å². The van der Waals surface area contributed by atoms with E-state index in [1.165, 1.54) is 10.5 Å². The fourth-order valence-electron chi connectivity index (χ4n) is 4.63. The van der Waals surface area contributed by atoms with Crippen LogP contribution in [0.2, 0.25) is 0 Å². The first-order valence-electron chi connectivity index (χ1n) is 11.1. The highest BCUT2D eigenvalue weighted by atomic mass is 32.2. The van der Waals surface area contributed by atoms with Crippen molar-refractivity contribution in [2.45, 2.75) is 32.7 Å². The van der Waals surface area contributed by atoms with Crippen LogP contribution in [-0.4, -0.2) is 77.4 Å². The number of aromatic nitrogens is 2. The van der Waals surface area contributed by atoms with Gasteiger partial charge in [-0.05, 0) is 43.4 Å². The van der Waals surface area contributed by atoms with Crippen molar-refractivity contribution in [3.05, 3.63) is 36.0 Å². The van der Waals surface area contributed by atoms with Crippen molar-refractivity contribution in [2.75, 3.05) is 31.9 Å². The van der Waals surface area contributed by atoms with Gasteiger partial charge in [0.1, 0.15) is 0 Å². The Labute approximate surface area is 194 Å². The fourth-order valence-corrected chi connectivity index (χ4v) is 6.24. The molecule has 4 rings (SSSR count). The maximum atomic E-state index is 13.2. The summed E-state index contributed by atoms with van der Waals surface area (Å²) in [5.74, 6) is -0.549. The predicted molar refractivity (Wildman–Crippen MR) is 124 cm³/mol. The number of aryl methyl sites for hydroxylation is 1. The molecule has 1 aromatic carbocycles. The van der Waals surface area contributed by atoms with Crippen molar-refractivity contribution in [1.29, 1.82) is 0 Å². The summed E-state index contributed by atoms with van der Waals surface area (Å²) in [4.78, 5) is 24.9. The Balaban J connectivity index is 1.45. The molecule has 0 bridgehead atoms. The van der Waals surface area contributed by atoms with E-state index in [-0.39, 0.29) is 31.7 Å². The van der Waals surface area contributed by atoms with Crippen LogP contribution in [0, 0.1) is 5.41 Å². The lowest BCUT2D eigenvalue weighted by Gasteiger charge is -2.39. The van der Waals surface area contributed by atoms with Crippen molar-refractivity contribution in [2.24, 2.45) is 5.41 Å². The molecule has 1 aromatic heterocycles. The molecule has 2 aliphatic rings. The summed E-state index contributed by atoms with van der Waals surface area (Å²) in [7, 11) is -1.44. The summed E-state index contributed by atoms with van der Waals surface area (Å²) in [6.45, 7) is 4.27. The minimum Gasteiger partial charge on any atom is -0.465 e. The Kier molecular flexibility index (Phi) is 6.82. The van der Waals surface area contributed by atoms with E-state index in [2.05, 4.69) is 36.3 Å². The van der Waals surface area contributed by atoms with Crippen molar-refractivity contribution in [3.63, 3.8) is 0 Å². The maximum absolute atomic E-state index is 13.2. The van der Waals surface area contributed by atoms with Gasteiger partial charge in [-0.3, -0.25) is 14.7 Å². The maximum Gasteiger partial charge on any atom is 0.407 e. The molecule has 0 spiro atoms. The predicted octanol–water partition coefficient (Wildman–Crippen LogP) is 2.07. The van der Waals surface area contributed by atoms with Crippen LogP contribution in [0.15, 0.2) is 30.5 Å². The van der Waals surface area contributed by atoms with Gasteiger partial charge in [0.25, 0.3) is 5.91 Å². The molecule has 2 aliphatic heterocycles. The van der Waals surface area contributed by atoms with Crippen molar-refractivity contribution in [3.8, 4) is 0 Å². The van der Waals surface area contributed by atoms with Crippen LogP contribution in [0.25, 0.3) is 16.5 Å². The number of carboxylic acid groups (broad SMARTS) is 1. The zero-order chi connectivity index (χ0) is 23.6. The highest BCUT2D eigenvalue weighted by Gasteiger charge is 2.44. The first-order valence-corrected chi connectivity index (χ1v) is 12.4. The SMILES string of the molecule is CCn1ncc2ccc(C3=CCN(S(=O)CC4(C(=O)NO)CCN(C(=O)O)CC4)CC3)cc21. The lowest BCUT2D eigenvalue weighted by Crippen LogP contribution is -2.53. The monoisotopic (exact) mass is 475 g/mol. The van der Waals surface area contributed by atoms with Gasteiger partial charge in [0.2, 0.25) is 0 Å². The van der Waals surface area contributed by atoms with Crippen molar-refractivity contribution < 1.29 is 24.1 Å². The molecule has 10 nitrogen and oxygen atoms in total. The topological polar surface area (TPSA) is 128 Å². The largest absolute Gasteiger partial charge is 0.465 e. The molecule has 33 heavy (non-hydrogen) atoms. The molecule has 3 heterocycles. The Morgan fingerprint density at radius 1 is 1.24 bits per heavy atom. The normalized spacial score (nSPS) is 19.8. The number of amides is 2. The molecule has 1 unspecified atom stereocenters. The lowest BCUT2D eigenvalue weighted by molar-refractivity contribution is -0.141. The zero-order valence-electron chi connectivity index (χ0n) is 18.6. The van der Waals surface area contributed by atoms with Gasteiger partial charge in [-0.1, -0.05) is 18.2 Å². The molecule has 2 aromatic rings. The van der Waals surface area contributed by atoms with Crippen LogP contribution in [0.5, 0.6) is 0 Å². The van der Waals surface area contributed by atoms with E-state index >= 15 is 0 Å². The molecule has 1 fully saturated rings. The van der Waals surface area contributed by atoms with E-state index in [9.17, 15) is 24.1 Å². The summed E-state index contributed by atoms with van der Waals surface area (Å²) in [6, 6.07) is 6.29. The number of nitrogens with zero attached hydrogens (tertiary/aromatic N) is 4. The van der Waals surface area contributed by atoms with Gasteiger partial charge in [0, 0.05) is 38.1 Å². The average molecular weight is 476 g/mol. The number of hydrogen-bond acceptors (Lipinski definition) is 5. The van der Waals surface area contributed by atoms with Crippen molar-refractivity contribution >= 4 is 39.5 Å². The third-order valence-electron chi connectivity index (χ3n) is 6.75. The standard InChI is InChI=1S/C22H29N5O5S/c1-2-27-19-13-17(3-4-18(19)14-23-27)16-5-9-26(10-6-16)33(32)15-22(20(28)24-31)7-11-25(12-8-22)21(29)30/h3-5,13-14,31H,2,6-12,15H2,1H3,(H,24,28)(H,29,30). The molecule has 178 valence electrons. The zero-order valence-corrected chi connectivity index (χ0v) is 19.4. The van der Waals surface area contributed by atoms with Crippen LogP contribution in [0.4, 0.5) is 4.79 Å². The number of carbonyl (C=O) groups excluding carboxylic acids is 1. The van der Waals surface area contributed by atoms with Gasteiger partial charge < -0.3 is 10.0 Å². The van der Waals surface area contributed by atoms with E-state index in [1.54, 1.807) is 5.48 Å². The van der Waals surface area contributed by atoms with E-state index in [4.69, 9.17) is 0 Å². The van der Waals surface area contributed by atoms with E-state index in [0.717, 1.165) is 29.4 Å². The minimum absolute atomic E-state index is 0.0532. The average Bonchev–Trinajstić information content (AvgIpc) is 3.26. The fraction of sp³-hybridized carbons (Fsp3) is 0.500. The number of hydroxylamine groups is 1. The van der Waals surface area contributed by atoms with Crippen molar-refractivity contribution in [1.82, 2.24) is 24.5 Å². The summed E-state index contributed by atoms with van der Waals surface area (Å²) < 4.78 is 17.0. The highest BCUT2D eigenvalue weighted by Crippen LogP contribution is 2.34. The lowest BCUT2D eigenvalue weighted by atomic mass is 9.79. The number of nitrogens with one attached hydrogen (secondary N) is 1. The smallest absolute Gasteiger partial charge is 0.407 e. The summed E-state index contributed by atoms with van der Waals surface area (Å²) >= 11 is 0. The number of fused-ring (bicyclic) bond motifs is 1. The van der Waals surface area contributed by atoms with Crippen LogP contribution in [-0.2, 0) is 22.3 Å². The molecule has 0 aliphatic carbocycles. The molecule has 0 radical (unpaired) electrons. The third kappa shape index (κ3) is 4.66. The second-order valence-electron chi connectivity index (χ2n) is 8.56. The number of piperidine rings is 1. The van der Waals surface area contributed by atoms with E-state index < -0.39 is 28.4 Å². The first-order chi connectivity index (χ1) is 15.9. The molecule has 11 heteroatoms. The number of rotatable bonds is 6. The van der Waals surface area contributed by atoms with Gasteiger partial charge >= 0.3 is 6.09 Å². The van der Waals surface area contributed by atoms with Gasteiger partial charge in [-0.15, -0.1) is 0 Å². The van der Waals surface area contributed by atoms with E-state index in [1.807, 2.05) is 15.2 Å². The number of hydrogen-bond donors (Lipinski definition) is 3. The highest BCUT2D eigenvalue weighted by molar-refractivity contribution is 7.82. The minimum atomic E-state index is -1.44. The Bertz CT molecular complexity index is 1110. The second-order valence-corrected chi connectivity index (χ2v) is 10.0. The second kappa shape index (κ2) is 9.62. The van der Waals surface area contributed by atoms with Crippen LogP contribution < -0.4 is 5.48 Å². The molecule has 3 N–H and O–H groups in total. The molecule has 2 amide bonds. The van der Waals surface area contributed by atoms with Gasteiger partial charge in [-0.25, -0.2) is 18.8 Å². The summed E-state index contributed by atoms with van der Waals surface area (Å²) in [6.07, 6.45) is 4.06. The summed E-state index contributed by atoms with van der Waals surface area (Å²) in [5, 5.41) is 23.9. The summed E-state index contributed by atoms with van der Waals surface area (Å²) in [5.41, 5.74) is 4.05. The molecule has 0 saturated carbocycles. The number of carbonyl (C=O) groups is 2. The van der Waals surface area contributed by atoms with Crippen LogP contribution >= 0.6 is 0 Å². The molecular formula is C22H29N5O5S. The number of benzene rings is 1. The van der Waals surface area contributed by atoms with Crippen LogP contribution in [0.1, 0.15) is 31.7 Å².